The molecule has 1 aromatic carbocycles. The molecule has 3 N–H and O–H groups in total. The Balaban J connectivity index is 0.00000256. The summed E-state index contributed by atoms with van der Waals surface area (Å²) in [5, 5.41) is 8.95. The average Bonchev–Trinajstić information content (AvgIpc) is 2.18. The minimum atomic E-state index is -4.82. The SMILES string of the molecule is Cc1ccc(F)cc1[C@H](N)[C@H](O)C(F)(F)F.Cl. The summed E-state index contributed by atoms with van der Waals surface area (Å²) in [5.41, 5.74) is 5.61. The van der Waals surface area contributed by atoms with Crippen LogP contribution in [0.5, 0.6) is 0 Å². The molecule has 0 saturated heterocycles. The fourth-order valence-electron chi connectivity index (χ4n) is 1.34. The zero-order chi connectivity index (χ0) is 12.5. The molecule has 98 valence electrons. The molecular weight excluding hydrogens is 262 g/mol. The Kier molecular flexibility index (Phi) is 5.38. The van der Waals surface area contributed by atoms with E-state index in [4.69, 9.17) is 10.8 Å². The topological polar surface area (TPSA) is 46.2 Å². The van der Waals surface area contributed by atoms with Gasteiger partial charge in [0, 0.05) is 0 Å². The van der Waals surface area contributed by atoms with E-state index in [9.17, 15) is 17.6 Å². The van der Waals surface area contributed by atoms with E-state index in [1.54, 1.807) is 0 Å². The van der Waals surface area contributed by atoms with Crippen molar-refractivity contribution in [3.63, 3.8) is 0 Å². The van der Waals surface area contributed by atoms with Gasteiger partial charge in [-0.15, -0.1) is 12.4 Å². The van der Waals surface area contributed by atoms with Crippen molar-refractivity contribution in [1.82, 2.24) is 0 Å². The number of hydrogen-bond acceptors (Lipinski definition) is 2. The van der Waals surface area contributed by atoms with Crippen molar-refractivity contribution >= 4 is 12.4 Å². The molecule has 0 spiro atoms. The molecule has 0 bridgehead atoms. The molecule has 0 fully saturated rings. The smallest absolute Gasteiger partial charge is 0.382 e. The van der Waals surface area contributed by atoms with Crippen LogP contribution in [0.2, 0.25) is 0 Å². The van der Waals surface area contributed by atoms with Crippen LogP contribution in [0.3, 0.4) is 0 Å². The van der Waals surface area contributed by atoms with Gasteiger partial charge in [-0.25, -0.2) is 4.39 Å². The molecule has 0 aliphatic carbocycles. The highest BCUT2D eigenvalue weighted by atomic mass is 35.5. The van der Waals surface area contributed by atoms with E-state index in [1.165, 1.54) is 13.0 Å². The second-order valence-corrected chi connectivity index (χ2v) is 3.51. The number of rotatable bonds is 2. The lowest BCUT2D eigenvalue weighted by atomic mass is 9.97. The van der Waals surface area contributed by atoms with Gasteiger partial charge in [0.15, 0.2) is 6.10 Å². The summed E-state index contributed by atoms with van der Waals surface area (Å²) in [6.45, 7) is 1.50. The van der Waals surface area contributed by atoms with Crippen molar-refractivity contribution in [3.8, 4) is 0 Å². The normalized spacial score (nSPS) is 15.0. The fourth-order valence-corrected chi connectivity index (χ4v) is 1.34. The summed E-state index contributed by atoms with van der Waals surface area (Å²) in [4.78, 5) is 0. The molecule has 0 aliphatic rings. The van der Waals surface area contributed by atoms with E-state index in [0.29, 0.717) is 5.56 Å². The van der Waals surface area contributed by atoms with Gasteiger partial charge in [0.1, 0.15) is 5.82 Å². The van der Waals surface area contributed by atoms with Gasteiger partial charge in [0.2, 0.25) is 0 Å². The van der Waals surface area contributed by atoms with E-state index >= 15 is 0 Å². The monoisotopic (exact) mass is 273 g/mol. The summed E-state index contributed by atoms with van der Waals surface area (Å²) in [6.07, 6.45) is -7.52. The van der Waals surface area contributed by atoms with Crippen LogP contribution in [0.15, 0.2) is 18.2 Å². The molecule has 0 amide bonds. The van der Waals surface area contributed by atoms with Crippen LogP contribution < -0.4 is 5.73 Å². The van der Waals surface area contributed by atoms with Crippen LogP contribution >= 0.6 is 12.4 Å². The summed E-state index contributed by atoms with van der Waals surface area (Å²) < 4.78 is 49.4. The molecule has 17 heavy (non-hydrogen) atoms. The van der Waals surface area contributed by atoms with Crippen molar-refractivity contribution in [2.45, 2.75) is 25.2 Å². The van der Waals surface area contributed by atoms with Crippen molar-refractivity contribution in [3.05, 3.63) is 35.1 Å². The minimum Gasteiger partial charge on any atom is -0.382 e. The molecule has 2 nitrogen and oxygen atoms in total. The Morgan fingerprint density at radius 2 is 1.82 bits per heavy atom. The van der Waals surface area contributed by atoms with Crippen molar-refractivity contribution in [2.24, 2.45) is 5.73 Å². The second kappa shape index (κ2) is 5.66. The first-order chi connectivity index (χ1) is 7.23. The number of aliphatic hydroxyl groups is 1. The maximum Gasteiger partial charge on any atom is 0.416 e. The molecule has 0 heterocycles. The Labute approximate surface area is 102 Å². The van der Waals surface area contributed by atoms with E-state index in [0.717, 1.165) is 12.1 Å². The highest BCUT2D eigenvalue weighted by Crippen LogP contribution is 2.30. The van der Waals surface area contributed by atoms with Crippen molar-refractivity contribution in [1.29, 1.82) is 0 Å². The Bertz CT molecular complexity index is 383. The zero-order valence-corrected chi connectivity index (χ0v) is 9.65. The van der Waals surface area contributed by atoms with Gasteiger partial charge in [-0.2, -0.15) is 13.2 Å². The van der Waals surface area contributed by atoms with Crippen molar-refractivity contribution < 1.29 is 22.7 Å². The lowest BCUT2D eigenvalue weighted by molar-refractivity contribution is -0.210. The standard InChI is InChI=1S/C10H11F4NO.ClH/c1-5-2-3-6(11)4-7(5)8(15)9(16)10(12,13)14;/h2-4,8-9,16H,15H2,1H3;1H/t8-,9-;/m0./s1. The first kappa shape index (κ1) is 16.1. The predicted octanol–water partition coefficient (Wildman–Crippen LogP) is 2.48. The predicted molar refractivity (Wildman–Crippen MR) is 57.4 cm³/mol. The van der Waals surface area contributed by atoms with Gasteiger partial charge in [-0.05, 0) is 30.2 Å². The van der Waals surface area contributed by atoms with Crippen LogP contribution in [-0.2, 0) is 0 Å². The second-order valence-electron chi connectivity index (χ2n) is 3.51. The molecule has 1 aromatic rings. The van der Waals surface area contributed by atoms with E-state index < -0.39 is 24.1 Å². The Morgan fingerprint density at radius 1 is 1.29 bits per heavy atom. The van der Waals surface area contributed by atoms with Crippen LogP contribution in [-0.4, -0.2) is 17.4 Å². The number of nitrogens with two attached hydrogens (primary N) is 1. The summed E-state index contributed by atoms with van der Waals surface area (Å²) in [7, 11) is 0. The molecular formula is C10H12ClF4NO. The first-order valence-corrected chi connectivity index (χ1v) is 4.50. The number of aliphatic hydroxyl groups excluding tert-OH is 1. The molecule has 0 aliphatic heterocycles. The molecule has 1 rings (SSSR count). The zero-order valence-electron chi connectivity index (χ0n) is 8.83. The largest absolute Gasteiger partial charge is 0.416 e. The van der Waals surface area contributed by atoms with Gasteiger partial charge < -0.3 is 10.8 Å². The molecule has 0 radical (unpaired) electrons. The molecule has 0 aromatic heterocycles. The fraction of sp³-hybridized carbons (Fsp3) is 0.400. The van der Waals surface area contributed by atoms with Crippen LogP contribution in [0.4, 0.5) is 17.6 Å². The highest BCUT2D eigenvalue weighted by molar-refractivity contribution is 5.85. The van der Waals surface area contributed by atoms with E-state index in [-0.39, 0.29) is 18.0 Å². The van der Waals surface area contributed by atoms with Crippen molar-refractivity contribution in [2.75, 3.05) is 0 Å². The third-order valence-corrected chi connectivity index (χ3v) is 2.28. The summed E-state index contributed by atoms with van der Waals surface area (Å²) >= 11 is 0. The quantitative estimate of drug-likeness (QED) is 0.813. The molecule has 0 saturated carbocycles. The van der Waals surface area contributed by atoms with Gasteiger partial charge in [-0.1, -0.05) is 6.07 Å². The Morgan fingerprint density at radius 3 is 2.29 bits per heavy atom. The van der Waals surface area contributed by atoms with Crippen LogP contribution in [0.25, 0.3) is 0 Å². The number of benzene rings is 1. The molecule has 0 unspecified atom stereocenters. The van der Waals surface area contributed by atoms with Crippen LogP contribution in [0.1, 0.15) is 17.2 Å². The highest BCUT2D eigenvalue weighted by Gasteiger charge is 2.43. The molecule has 2 atom stereocenters. The third kappa shape index (κ3) is 3.83. The van der Waals surface area contributed by atoms with E-state index in [2.05, 4.69) is 0 Å². The summed E-state index contributed by atoms with van der Waals surface area (Å²) in [6, 6.07) is 1.64. The maximum absolute atomic E-state index is 12.8. The average molecular weight is 274 g/mol. The lowest BCUT2D eigenvalue weighted by Gasteiger charge is -2.22. The van der Waals surface area contributed by atoms with Gasteiger partial charge in [0.05, 0.1) is 6.04 Å². The maximum atomic E-state index is 12.8. The van der Waals surface area contributed by atoms with E-state index in [1.807, 2.05) is 0 Å². The van der Waals surface area contributed by atoms with Crippen LogP contribution in [0, 0.1) is 12.7 Å². The number of alkyl halides is 3. The number of halogens is 5. The Hall–Kier alpha value is -0.850. The lowest BCUT2D eigenvalue weighted by Crippen LogP contribution is -2.39. The number of aryl methyl sites for hydroxylation is 1. The van der Waals surface area contributed by atoms with Gasteiger partial charge in [-0.3, -0.25) is 0 Å². The minimum absolute atomic E-state index is 0. The van der Waals surface area contributed by atoms with Gasteiger partial charge >= 0.3 is 6.18 Å². The third-order valence-electron chi connectivity index (χ3n) is 2.28. The first-order valence-electron chi connectivity index (χ1n) is 4.50. The summed E-state index contributed by atoms with van der Waals surface area (Å²) in [5.74, 6) is -0.689. The molecule has 7 heteroatoms. The van der Waals surface area contributed by atoms with Gasteiger partial charge in [0.25, 0.3) is 0 Å². The number of hydrogen-bond donors (Lipinski definition) is 2.